The molecule has 3 rings (SSSR count). The van der Waals surface area contributed by atoms with Crippen LogP contribution in [0, 0.1) is 17.7 Å². The molecule has 1 saturated carbocycles. The summed E-state index contributed by atoms with van der Waals surface area (Å²) < 4.78 is 13.0. The molecule has 1 N–H and O–H groups in total. The molecule has 0 radical (unpaired) electrons. The number of piperidine rings is 1. The van der Waals surface area contributed by atoms with E-state index in [0.717, 1.165) is 58.0 Å². The summed E-state index contributed by atoms with van der Waals surface area (Å²) in [5, 5.41) is 9.61. The zero-order valence-corrected chi connectivity index (χ0v) is 14.3. The molecule has 0 bridgehead atoms. The molecular formula is C20H28FNO2. The van der Waals surface area contributed by atoms with Crippen LogP contribution in [0.2, 0.25) is 0 Å². The van der Waals surface area contributed by atoms with Crippen molar-refractivity contribution in [3.63, 3.8) is 0 Å². The highest BCUT2D eigenvalue weighted by molar-refractivity contribution is 5.79. The van der Waals surface area contributed by atoms with Crippen molar-refractivity contribution in [2.75, 3.05) is 13.1 Å². The number of aliphatic hydroxyl groups excluding tert-OH is 1. The zero-order valence-electron chi connectivity index (χ0n) is 14.3. The van der Waals surface area contributed by atoms with E-state index < -0.39 is 0 Å². The number of hydrogen-bond acceptors (Lipinski definition) is 2. The van der Waals surface area contributed by atoms with Crippen LogP contribution in [0.5, 0.6) is 0 Å². The van der Waals surface area contributed by atoms with Gasteiger partial charge < -0.3 is 10.0 Å². The first-order valence-corrected chi connectivity index (χ1v) is 9.33. The van der Waals surface area contributed by atoms with E-state index in [-0.39, 0.29) is 17.8 Å². The van der Waals surface area contributed by atoms with E-state index in [1.165, 1.54) is 24.1 Å². The summed E-state index contributed by atoms with van der Waals surface area (Å²) in [5.74, 6) is 0.769. The first kappa shape index (κ1) is 17.4. The first-order valence-electron chi connectivity index (χ1n) is 9.33. The second-order valence-corrected chi connectivity index (χ2v) is 7.46. The molecule has 1 aliphatic heterocycles. The average molecular weight is 333 g/mol. The summed E-state index contributed by atoms with van der Waals surface area (Å²) in [5.41, 5.74) is 1.17. The van der Waals surface area contributed by atoms with Gasteiger partial charge in [-0.05, 0) is 75.0 Å². The molecule has 1 heterocycles. The summed E-state index contributed by atoms with van der Waals surface area (Å²) in [6.45, 7) is 1.74. The molecule has 132 valence electrons. The molecule has 1 aromatic carbocycles. The maximum Gasteiger partial charge on any atom is 0.225 e. The van der Waals surface area contributed by atoms with Gasteiger partial charge in [0, 0.05) is 19.0 Å². The number of halogens is 1. The van der Waals surface area contributed by atoms with Gasteiger partial charge in [0.2, 0.25) is 5.91 Å². The molecule has 0 aromatic heterocycles. The van der Waals surface area contributed by atoms with Crippen molar-refractivity contribution >= 4 is 5.91 Å². The third kappa shape index (κ3) is 4.56. The van der Waals surface area contributed by atoms with Crippen LogP contribution in [0.3, 0.4) is 0 Å². The Bertz CT molecular complexity index is 537. The lowest BCUT2D eigenvalue weighted by molar-refractivity contribution is -0.139. The van der Waals surface area contributed by atoms with E-state index in [2.05, 4.69) is 4.90 Å². The van der Waals surface area contributed by atoms with Crippen LogP contribution in [-0.4, -0.2) is 35.1 Å². The minimum atomic E-state index is -0.209. The van der Waals surface area contributed by atoms with Gasteiger partial charge in [0.1, 0.15) is 5.82 Å². The molecule has 1 saturated heterocycles. The van der Waals surface area contributed by atoms with Gasteiger partial charge in [0.15, 0.2) is 0 Å². The van der Waals surface area contributed by atoms with Gasteiger partial charge in [0.25, 0.3) is 0 Å². The Morgan fingerprint density at radius 3 is 2.54 bits per heavy atom. The molecular weight excluding hydrogens is 305 g/mol. The smallest absolute Gasteiger partial charge is 0.225 e. The van der Waals surface area contributed by atoms with Crippen molar-refractivity contribution in [2.24, 2.45) is 11.8 Å². The standard InChI is InChI=1S/C20H28FNO2/c21-18-9-5-15(6-10-18)3-4-16-2-1-13-22(14-16)20(24)17-7-11-19(23)12-8-17/h5-6,9-10,16-17,19,23H,1-4,7-8,11-14H2/t16-,17?,19?/m1/s1. The SMILES string of the molecule is O=C(C1CCC(O)CC1)N1CCC[C@H](CCc2ccc(F)cc2)C1. The molecule has 1 aromatic rings. The van der Waals surface area contributed by atoms with Crippen LogP contribution in [-0.2, 0) is 11.2 Å². The summed E-state index contributed by atoms with van der Waals surface area (Å²) in [7, 11) is 0. The zero-order chi connectivity index (χ0) is 16.9. The number of likely N-dealkylation sites (tertiary alicyclic amines) is 1. The Kier molecular flexibility index (Phi) is 5.88. The van der Waals surface area contributed by atoms with Crippen molar-refractivity contribution in [1.29, 1.82) is 0 Å². The van der Waals surface area contributed by atoms with Crippen molar-refractivity contribution < 1.29 is 14.3 Å². The summed E-state index contributed by atoms with van der Waals surface area (Å²) in [4.78, 5) is 14.8. The lowest BCUT2D eigenvalue weighted by Gasteiger charge is -2.36. The third-order valence-corrected chi connectivity index (χ3v) is 5.63. The summed E-state index contributed by atoms with van der Waals surface area (Å²) in [6, 6.07) is 6.75. The molecule has 2 fully saturated rings. The molecule has 0 spiro atoms. The number of carbonyl (C=O) groups excluding carboxylic acids is 1. The number of rotatable bonds is 4. The lowest BCUT2D eigenvalue weighted by atomic mass is 9.85. The monoisotopic (exact) mass is 333 g/mol. The normalized spacial score (nSPS) is 27.9. The van der Waals surface area contributed by atoms with Crippen LogP contribution in [0.4, 0.5) is 4.39 Å². The molecule has 24 heavy (non-hydrogen) atoms. The Morgan fingerprint density at radius 1 is 1.12 bits per heavy atom. The fourth-order valence-corrected chi connectivity index (χ4v) is 4.10. The van der Waals surface area contributed by atoms with Crippen LogP contribution in [0.1, 0.15) is 50.5 Å². The molecule has 1 amide bonds. The quantitative estimate of drug-likeness (QED) is 0.915. The van der Waals surface area contributed by atoms with Crippen molar-refractivity contribution in [3.05, 3.63) is 35.6 Å². The van der Waals surface area contributed by atoms with Gasteiger partial charge in [-0.2, -0.15) is 0 Å². The highest BCUT2D eigenvalue weighted by Crippen LogP contribution is 2.29. The Morgan fingerprint density at radius 2 is 1.83 bits per heavy atom. The second-order valence-electron chi connectivity index (χ2n) is 7.46. The maximum absolute atomic E-state index is 13.0. The van der Waals surface area contributed by atoms with Gasteiger partial charge >= 0.3 is 0 Å². The van der Waals surface area contributed by atoms with E-state index in [1.807, 2.05) is 12.1 Å². The predicted octanol–water partition coefficient (Wildman–Crippen LogP) is 3.55. The minimum absolute atomic E-state index is 0.115. The molecule has 0 unspecified atom stereocenters. The topological polar surface area (TPSA) is 40.5 Å². The Labute approximate surface area is 143 Å². The van der Waals surface area contributed by atoms with Crippen molar-refractivity contribution in [1.82, 2.24) is 4.90 Å². The van der Waals surface area contributed by atoms with Crippen molar-refractivity contribution in [3.8, 4) is 0 Å². The number of aliphatic hydroxyl groups is 1. The molecule has 1 atom stereocenters. The van der Waals surface area contributed by atoms with E-state index >= 15 is 0 Å². The van der Waals surface area contributed by atoms with Crippen LogP contribution in [0.15, 0.2) is 24.3 Å². The largest absolute Gasteiger partial charge is 0.393 e. The number of aryl methyl sites for hydroxylation is 1. The van der Waals surface area contributed by atoms with Crippen LogP contribution in [0.25, 0.3) is 0 Å². The third-order valence-electron chi connectivity index (χ3n) is 5.63. The molecule has 3 nitrogen and oxygen atoms in total. The molecule has 1 aliphatic carbocycles. The van der Waals surface area contributed by atoms with E-state index in [9.17, 15) is 14.3 Å². The molecule has 2 aliphatic rings. The number of hydrogen-bond donors (Lipinski definition) is 1. The van der Waals surface area contributed by atoms with Crippen LogP contribution >= 0.6 is 0 Å². The van der Waals surface area contributed by atoms with E-state index in [1.54, 1.807) is 0 Å². The maximum atomic E-state index is 13.0. The Hall–Kier alpha value is -1.42. The van der Waals surface area contributed by atoms with Gasteiger partial charge in [-0.15, -0.1) is 0 Å². The number of benzene rings is 1. The molecule has 4 heteroatoms. The average Bonchev–Trinajstić information content (AvgIpc) is 2.61. The number of amides is 1. The van der Waals surface area contributed by atoms with Crippen molar-refractivity contribution in [2.45, 2.75) is 57.5 Å². The van der Waals surface area contributed by atoms with Crippen LogP contribution < -0.4 is 0 Å². The van der Waals surface area contributed by atoms with E-state index in [4.69, 9.17) is 0 Å². The summed E-state index contributed by atoms with van der Waals surface area (Å²) in [6.07, 6.45) is 7.23. The van der Waals surface area contributed by atoms with E-state index in [0.29, 0.717) is 11.8 Å². The number of nitrogens with zero attached hydrogens (tertiary/aromatic N) is 1. The Balaban J connectivity index is 1.48. The summed E-state index contributed by atoms with van der Waals surface area (Å²) >= 11 is 0. The highest BCUT2D eigenvalue weighted by atomic mass is 19.1. The fourth-order valence-electron chi connectivity index (χ4n) is 4.10. The minimum Gasteiger partial charge on any atom is -0.393 e. The van der Waals surface area contributed by atoms with Gasteiger partial charge in [0.05, 0.1) is 6.10 Å². The van der Waals surface area contributed by atoms with Gasteiger partial charge in [-0.3, -0.25) is 4.79 Å². The van der Waals surface area contributed by atoms with Gasteiger partial charge in [-0.25, -0.2) is 4.39 Å². The highest BCUT2D eigenvalue weighted by Gasteiger charge is 2.31. The lowest BCUT2D eigenvalue weighted by Crippen LogP contribution is -2.44. The fraction of sp³-hybridized carbons (Fsp3) is 0.650. The first-order chi connectivity index (χ1) is 11.6. The second kappa shape index (κ2) is 8.11. The predicted molar refractivity (Wildman–Crippen MR) is 92.0 cm³/mol. The number of carbonyl (C=O) groups is 1. The van der Waals surface area contributed by atoms with Gasteiger partial charge in [-0.1, -0.05) is 12.1 Å².